The third-order valence-corrected chi connectivity index (χ3v) is 4.01. The molecule has 1 atom stereocenters. The number of anilines is 1. The number of hydrogen-bond donors (Lipinski definition) is 1. The summed E-state index contributed by atoms with van der Waals surface area (Å²) in [5.74, 6) is -0.282. The maximum absolute atomic E-state index is 12.2. The van der Waals surface area contributed by atoms with E-state index < -0.39 is 6.04 Å². The predicted octanol–water partition coefficient (Wildman–Crippen LogP) is 3.77. The fraction of sp³-hybridized carbons (Fsp3) is 0.200. The van der Waals surface area contributed by atoms with Gasteiger partial charge in [0.2, 0.25) is 5.91 Å². The second-order valence-electron chi connectivity index (χ2n) is 4.72. The third kappa shape index (κ3) is 3.74. The standard InChI is InChI=1S/C15H14BrClN2O2/c1-9-3-5-12(7-13(9)17)18-15(21)10(2)19-8-11(16)4-6-14(19)20/h3-8,10H,1-2H3,(H,18,21). The first kappa shape index (κ1) is 15.8. The Labute approximate surface area is 135 Å². The van der Waals surface area contributed by atoms with E-state index in [1.165, 1.54) is 10.6 Å². The van der Waals surface area contributed by atoms with Crippen LogP contribution in [0.5, 0.6) is 0 Å². The van der Waals surface area contributed by atoms with Gasteiger partial charge in [-0.1, -0.05) is 17.7 Å². The van der Waals surface area contributed by atoms with Gasteiger partial charge in [-0.2, -0.15) is 0 Å². The molecule has 6 heteroatoms. The number of nitrogens with one attached hydrogen (secondary N) is 1. The first-order chi connectivity index (χ1) is 9.88. The summed E-state index contributed by atoms with van der Waals surface area (Å²) in [6, 6.07) is 7.71. The van der Waals surface area contributed by atoms with Crippen LogP contribution >= 0.6 is 27.5 Å². The van der Waals surface area contributed by atoms with E-state index in [1.54, 1.807) is 31.3 Å². The minimum atomic E-state index is -0.630. The zero-order valence-corrected chi connectivity index (χ0v) is 13.9. The van der Waals surface area contributed by atoms with Crippen LogP contribution in [0.3, 0.4) is 0 Å². The van der Waals surface area contributed by atoms with Gasteiger partial charge in [-0.3, -0.25) is 9.59 Å². The number of pyridine rings is 1. The van der Waals surface area contributed by atoms with Gasteiger partial charge in [0.25, 0.3) is 5.56 Å². The molecule has 1 unspecified atom stereocenters. The Hall–Kier alpha value is -1.59. The largest absolute Gasteiger partial charge is 0.324 e. The molecule has 4 nitrogen and oxygen atoms in total. The molecule has 110 valence electrons. The molecule has 1 aromatic heterocycles. The summed E-state index contributed by atoms with van der Waals surface area (Å²) in [6.07, 6.45) is 1.59. The highest BCUT2D eigenvalue weighted by molar-refractivity contribution is 9.10. The lowest BCUT2D eigenvalue weighted by Crippen LogP contribution is -2.30. The number of aromatic nitrogens is 1. The molecule has 0 saturated carbocycles. The van der Waals surface area contributed by atoms with Gasteiger partial charge in [0.15, 0.2) is 0 Å². The summed E-state index contributed by atoms with van der Waals surface area (Å²) in [5.41, 5.74) is 1.30. The molecule has 1 heterocycles. The molecule has 0 aliphatic rings. The molecular weight excluding hydrogens is 356 g/mol. The molecule has 0 fully saturated rings. The minimum Gasteiger partial charge on any atom is -0.324 e. The van der Waals surface area contributed by atoms with Crippen LogP contribution in [0, 0.1) is 6.92 Å². The predicted molar refractivity (Wildman–Crippen MR) is 87.9 cm³/mol. The molecule has 1 aromatic carbocycles. The molecule has 0 aliphatic carbocycles. The van der Waals surface area contributed by atoms with Crippen molar-refractivity contribution < 1.29 is 4.79 Å². The van der Waals surface area contributed by atoms with Crippen LogP contribution < -0.4 is 10.9 Å². The number of benzene rings is 1. The Morgan fingerprint density at radius 1 is 1.33 bits per heavy atom. The van der Waals surface area contributed by atoms with Gasteiger partial charge in [-0.25, -0.2) is 0 Å². The van der Waals surface area contributed by atoms with E-state index in [9.17, 15) is 9.59 Å². The lowest BCUT2D eigenvalue weighted by Gasteiger charge is -2.15. The minimum absolute atomic E-state index is 0.234. The smallest absolute Gasteiger partial charge is 0.251 e. The second-order valence-corrected chi connectivity index (χ2v) is 6.04. The van der Waals surface area contributed by atoms with Gasteiger partial charge in [0.05, 0.1) is 0 Å². The highest BCUT2D eigenvalue weighted by atomic mass is 79.9. The van der Waals surface area contributed by atoms with Gasteiger partial charge in [0, 0.05) is 27.4 Å². The summed E-state index contributed by atoms with van der Waals surface area (Å²) in [6.45, 7) is 3.55. The van der Waals surface area contributed by atoms with Crippen molar-refractivity contribution in [3.05, 3.63) is 61.9 Å². The zero-order valence-electron chi connectivity index (χ0n) is 11.6. The van der Waals surface area contributed by atoms with Crippen LogP contribution in [-0.2, 0) is 4.79 Å². The molecule has 0 bridgehead atoms. The number of halogens is 2. The third-order valence-electron chi connectivity index (χ3n) is 3.14. The fourth-order valence-electron chi connectivity index (χ4n) is 1.82. The van der Waals surface area contributed by atoms with Crippen molar-refractivity contribution >= 4 is 39.1 Å². The fourth-order valence-corrected chi connectivity index (χ4v) is 2.36. The highest BCUT2D eigenvalue weighted by Gasteiger charge is 2.16. The van der Waals surface area contributed by atoms with Gasteiger partial charge in [0.1, 0.15) is 6.04 Å². The van der Waals surface area contributed by atoms with Crippen molar-refractivity contribution in [3.63, 3.8) is 0 Å². The van der Waals surface area contributed by atoms with E-state index in [1.807, 2.05) is 13.0 Å². The molecule has 1 amide bonds. The molecule has 0 spiro atoms. The van der Waals surface area contributed by atoms with Crippen LogP contribution in [0.4, 0.5) is 5.69 Å². The Bertz CT molecular complexity index is 743. The summed E-state index contributed by atoms with van der Waals surface area (Å²) < 4.78 is 2.11. The van der Waals surface area contributed by atoms with Gasteiger partial charge < -0.3 is 9.88 Å². The summed E-state index contributed by atoms with van der Waals surface area (Å²) in [5, 5.41) is 3.34. The number of carbonyl (C=O) groups excluding carboxylic acids is 1. The van der Waals surface area contributed by atoms with Crippen molar-refractivity contribution in [2.45, 2.75) is 19.9 Å². The molecule has 2 aromatic rings. The lowest BCUT2D eigenvalue weighted by molar-refractivity contribution is -0.118. The van der Waals surface area contributed by atoms with E-state index in [0.717, 1.165) is 10.0 Å². The van der Waals surface area contributed by atoms with E-state index in [4.69, 9.17) is 11.6 Å². The summed E-state index contributed by atoms with van der Waals surface area (Å²) in [7, 11) is 0. The van der Waals surface area contributed by atoms with Gasteiger partial charge in [-0.15, -0.1) is 0 Å². The number of aryl methyl sites for hydroxylation is 1. The number of rotatable bonds is 3. The van der Waals surface area contributed by atoms with E-state index in [2.05, 4.69) is 21.2 Å². The molecule has 21 heavy (non-hydrogen) atoms. The molecule has 1 N–H and O–H groups in total. The topological polar surface area (TPSA) is 51.1 Å². The van der Waals surface area contributed by atoms with E-state index in [0.29, 0.717) is 10.7 Å². The average Bonchev–Trinajstić information content (AvgIpc) is 2.44. The molecular formula is C15H14BrClN2O2. The first-order valence-electron chi connectivity index (χ1n) is 6.33. The normalized spacial score (nSPS) is 12.0. The van der Waals surface area contributed by atoms with Gasteiger partial charge >= 0.3 is 0 Å². The van der Waals surface area contributed by atoms with Crippen molar-refractivity contribution in [3.8, 4) is 0 Å². The summed E-state index contributed by atoms with van der Waals surface area (Å²) >= 11 is 9.32. The van der Waals surface area contributed by atoms with Crippen molar-refractivity contribution in [2.75, 3.05) is 5.32 Å². The number of amides is 1. The van der Waals surface area contributed by atoms with Crippen LogP contribution in [0.2, 0.25) is 5.02 Å². The van der Waals surface area contributed by atoms with Gasteiger partial charge in [-0.05, 0) is 53.5 Å². The Balaban J connectivity index is 2.21. The zero-order chi connectivity index (χ0) is 15.6. The maximum Gasteiger partial charge on any atom is 0.251 e. The quantitative estimate of drug-likeness (QED) is 0.895. The SMILES string of the molecule is Cc1ccc(NC(=O)C(C)n2cc(Br)ccc2=O)cc1Cl. The molecule has 2 rings (SSSR count). The Kier molecular flexibility index (Phi) is 4.85. The lowest BCUT2D eigenvalue weighted by atomic mass is 10.2. The first-order valence-corrected chi connectivity index (χ1v) is 7.50. The maximum atomic E-state index is 12.2. The van der Waals surface area contributed by atoms with Crippen molar-refractivity contribution in [1.82, 2.24) is 4.57 Å². The van der Waals surface area contributed by atoms with Crippen LogP contribution in [0.15, 0.2) is 45.8 Å². The Morgan fingerprint density at radius 3 is 2.71 bits per heavy atom. The number of hydrogen-bond acceptors (Lipinski definition) is 2. The van der Waals surface area contributed by atoms with Crippen LogP contribution in [-0.4, -0.2) is 10.5 Å². The molecule has 0 radical (unpaired) electrons. The number of nitrogens with zero attached hydrogens (tertiary/aromatic N) is 1. The highest BCUT2D eigenvalue weighted by Crippen LogP contribution is 2.21. The van der Waals surface area contributed by atoms with Crippen molar-refractivity contribution in [2.24, 2.45) is 0 Å². The monoisotopic (exact) mass is 368 g/mol. The Morgan fingerprint density at radius 2 is 2.05 bits per heavy atom. The summed E-state index contributed by atoms with van der Waals surface area (Å²) in [4.78, 5) is 24.1. The van der Waals surface area contributed by atoms with Crippen LogP contribution in [0.25, 0.3) is 0 Å². The molecule has 0 aliphatic heterocycles. The average molecular weight is 370 g/mol. The van der Waals surface area contributed by atoms with E-state index >= 15 is 0 Å². The molecule has 0 saturated heterocycles. The van der Waals surface area contributed by atoms with Crippen LogP contribution in [0.1, 0.15) is 18.5 Å². The van der Waals surface area contributed by atoms with E-state index in [-0.39, 0.29) is 11.5 Å². The second kappa shape index (κ2) is 6.45. The number of carbonyl (C=O) groups is 1. The van der Waals surface area contributed by atoms with Crippen molar-refractivity contribution in [1.29, 1.82) is 0 Å².